The third kappa shape index (κ3) is 63.2. The van der Waals surface area contributed by atoms with Gasteiger partial charge in [-0.05, 0) is 37.5 Å². The zero-order valence-corrected chi connectivity index (χ0v) is 59.5. The number of carbonyl (C=O) groups excluding carboxylic acids is 4. The van der Waals surface area contributed by atoms with E-state index in [0.29, 0.717) is 25.7 Å². The van der Waals surface area contributed by atoms with Crippen molar-refractivity contribution in [2.24, 2.45) is 11.8 Å². The highest BCUT2D eigenvalue weighted by atomic mass is 31.2. The van der Waals surface area contributed by atoms with Crippen LogP contribution in [0.25, 0.3) is 0 Å². The van der Waals surface area contributed by atoms with E-state index in [1.54, 1.807) is 0 Å². The minimum absolute atomic E-state index is 0.106. The van der Waals surface area contributed by atoms with Crippen LogP contribution in [0.4, 0.5) is 0 Å². The van der Waals surface area contributed by atoms with Crippen LogP contribution in [-0.4, -0.2) is 96.7 Å². The number of rotatable bonds is 69. The molecule has 0 aliphatic heterocycles. The average molecular weight is 1310 g/mol. The molecule has 0 aromatic rings. The van der Waals surface area contributed by atoms with Gasteiger partial charge in [0.15, 0.2) is 12.2 Å². The van der Waals surface area contributed by atoms with Gasteiger partial charge in [-0.2, -0.15) is 0 Å². The highest BCUT2D eigenvalue weighted by Gasteiger charge is 2.30. The number of phosphoric acid groups is 2. The predicted octanol–water partition coefficient (Wildman–Crippen LogP) is 20.0. The molecule has 0 spiro atoms. The van der Waals surface area contributed by atoms with Gasteiger partial charge in [0.1, 0.15) is 19.3 Å². The molecule has 0 bridgehead atoms. The maximum atomic E-state index is 13.0. The summed E-state index contributed by atoms with van der Waals surface area (Å²) in [5, 5.41) is 10.6. The lowest BCUT2D eigenvalue weighted by Crippen LogP contribution is -2.30. The summed E-state index contributed by atoms with van der Waals surface area (Å²) in [6.07, 6.45) is 47.0. The number of hydrogen-bond acceptors (Lipinski definition) is 15. The molecule has 528 valence electrons. The molecular weight excluding hydrogens is 1170 g/mol. The summed E-state index contributed by atoms with van der Waals surface area (Å²) in [4.78, 5) is 72.5. The fourth-order valence-electron chi connectivity index (χ4n) is 10.6. The minimum Gasteiger partial charge on any atom is -0.462 e. The van der Waals surface area contributed by atoms with E-state index in [4.69, 9.17) is 37.0 Å². The van der Waals surface area contributed by atoms with E-state index in [1.165, 1.54) is 173 Å². The van der Waals surface area contributed by atoms with Crippen LogP contribution in [0.3, 0.4) is 0 Å². The molecule has 0 fully saturated rings. The third-order valence-corrected chi connectivity index (χ3v) is 18.5. The second-order valence-corrected chi connectivity index (χ2v) is 28.9. The predicted molar refractivity (Wildman–Crippen MR) is 358 cm³/mol. The van der Waals surface area contributed by atoms with E-state index >= 15 is 0 Å². The molecular formula is C70H136O17P2. The number of aliphatic hydroxyl groups excluding tert-OH is 1. The number of hydrogen-bond donors (Lipinski definition) is 3. The van der Waals surface area contributed by atoms with Crippen LogP contribution in [-0.2, 0) is 65.4 Å². The van der Waals surface area contributed by atoms with Crippen molar-refractivity contribution in [2.75, 3.05) is 39.6 Å². The zero-order chi connectivity index (χ0) is 65.7. The van der Waals surface area contributed by atoms with Crippen molar-refractivity contribution in [3.05, 3.63) is 0 Å². The van der Waals surface area contributed by atoms with E-state index in [-0.39, 0.29) is 25.7 Å². The summed E-state index contributed by atoms with van der Waals surface area (Å²) in [7, 11) is -9.90. The molecule has 19 heteroatoms. The highest BCUT2D eigenvalue weighted by molar-refractivity contribution is 7.47. The lowest BCUT2D eigenvalue weighted by atomic mass is 9.99. The molecule has 3 N–H and O–H groups in total. The van der Waals surface area contributed by atoms with Gasteiger partial charge in [-0.1, -0.05) is 305 Å². The topological polar surface area (TPSA) is 237 Å². The summed E-state index contributed by atoms with van der Waals surface area (Å²) in [5.74, 6) is -0.552. The van der Waals surface area contributed by atoms with Crippen molar-refractivity contribution in [1.29, 1.82) is 0 Å². The van der Waals surface area contributed by atoms with Crippen molar-refractivity contribution in [3.8, 4) is 0 Å². The second kappa shape index (κ2) is 62.2. The lowest BCUT2D eigenvalue weighted by Gasteiger charge is -2.21. The normalized spacial score (nSPS) is 14.4. The Bertz CT molecular complexity index is 1740. The summed E-state index contributed by atoms with van der Waals surface area (Å²) in [6, 6.07) is 0. The summed E-state index contributed by atoms with van der Waals surface area (Å²) < 4.78 is 68.2. The molecule has 89 heavy (non-hydrogen) atoms. The van der Waals surface area contributed by atoms with Gasteiger partial charge in [-0.15, -0.1) is 0 Å². The molecule has 0 amide bonds. The van der Waals surface area contributed by atoms with Crippen molar-refractivity contribution >= 4 is 39.5 Å². The number of aliphatic hydroxyl groups is 1. The zero-order valence-electron chi connectivity index (χ0n) is 57.7. The van der Waals surface area contributed by atoms with Crippen LogP contribution < -0.4 is 0 Å². The number of ether oxygens (including phenoxy) is 4. The van der Waals surface area contributed by atoms with Crippen LogP contribution in [0.2, 0.25) is 0 Å². The van der Waals surface area contributed by atoms with Crippen molar-refractivity contribution in [1.82, 2.24) is 0 Å². The molecule has 3 unspecified atom stereocenters. The maximum absolute atomic E-state index is 13.0. The largest absolute Gasteiger partial charge is 0.472 e. The van der Waals surface area contributed by atoms with Gasteiger partial charge in [-0.3, -0.25) is 37.3 Å². The van der Waals surface area contributed by atoms with E-state index in [1.807, 2.05) is 0 Å². The molecule has 0 aromatic heterocycles. The molecule has 0 radical (unpaired) electrons. The van der Waals surface area contributed by atoms with Crippen LogP contribution in [0, 0.1) is 11.8 Å². The summed E-state index contributed by atoms with van der Waals surface area (Å²) >= 11 is 0. The monoisotopic (exact) mass is 1310 g/mol. The van der Waals surface area contributed by atoms with E-state index in [9.17, 15) is 43.2 Å². The van der Waals surface area contributed by atoms with Gasteiger partial charge in [0.05, 0.1) is 26.4 Å². The summed E-state index contributed by atoms with van der Waals surface area (Å²) in [6.45, 7) is 9.56. The van der Waals surface area contributed by atoms with E-state index in [2.05, 4.69) is 41.5 Å². The third-order valence-electron chi connectivity index (χ3n) is 16.6. The first-order valence-electron chi connectivity index (χ1n) is 36.5. The Kier molecular flexibility index (Phi) is 60.8. The Balaban J connectivity index is 5.23. The van der Waals surface area contributed by atoms with E-state index < -0.39 is 97.5 Å². The van der Waals surface area contributed by atoms with Gasteiger partial charge in [0.2, 0.25) is 0 Å². The molecule has 0 heterocycles. The molecule has 0 saturated heterocycles. The molecule has 0 saturated carbocycles. The number of phosphoric ester groups is 2. The first-order chi connectivity index (χ1) is 42.9. The van der Waals surface area contributed by atoms with Crippen LogP contribution in [0.5, 0.6) is 0 Å². The van der Waals surface area contributed by atoms with Gasteiger partial charge in [-0.25, -0.2) is 9.13 Å². The van der Waals surface area contributed by atoms with Gasteiger partial charge in [0, 0.05) is 25.7 Å². The Morgan fingerprint density at radius 1 is 0.326 bits per heavy atom. The van der Waals surface area contributed by atoms with Gasteiger partial charge >= 0.3 is 39.5 Å². The van der Waals surface area contributed by atoms with Crippen LogP contribution >= 0.6 is 15.6 Å². The first kappa shape index (κ1) is 87.1. The van der Waals surface area contributed by atoms with Crippen LogP contribution in [0.1, 0.15) is 356 Å². The maximum Gasteiger partial charge on any atom is 0.472 e. The standard InChI is InChI=1S/C70H136O17P2/c1-7-10-12-14-16-18-27-34-40-46-52-67(72)80-58-65(86-69(74)54-48-42-36-28-19-17-15-13-11-8-2)60-84-88(76,77)82-56-64(71)57-83-89(78,79)85-61-66(59-81-68(73)53-47-41-35-31-30-33-39-45-51-63(6)9-3)87-70(75)55-49-43-37-29-25-23-21-20-22-24-26-32-38-44-50-62(4)5/h62-66,71H,7-61H2,1-6H3,(H,76,77)(H,78,79)/t63?,64-,65+,66+/m0/s1. The molecule has 0 rings (SSSR count). The molecule has 0 aliphatic rings. The Hall–Kier alpha value is -1.94. The SMILES string of the molecule is CCCCCCCCCCCCC(=O)OC[C@H](COP(=O)(O)OC[C@H](O)COP(=O)(O)OC[C@@H](COC(=O)CCCCCCCCCCC(C)CC)OC(=O)CCCCCCCCCCCCCCCCC(C)C)OC(=O)CCCCCCCCCCCC. The smallest absolute Gasteiger partial charge is 0.462 e. The Morgan fingerprint density at radius 2 is 0.573 bits per heavy atom. The van der Waals surface area contributed by atoms with E-state index in [0.717, 1.165) is 102 Å². The number of esters is 4. The second-order valence-electron chi connectivity index (χ2n) is 26.0. The minimum atomic E-state index is -4.95. The van der Waals surface area contributed by atoms with Crippen molar-refractivity contribution < 1.29 is 80.2 Å². The van der Waals surface area contributed by atoms with Gasteiger partial charge in [0.25, 0.3) is 0 Å². The Labute approximate surface area is 543 Å². The quantitative estimate of drug-likeness (QED) is 0.0222. The fourth-order valence-corrected chi connectivity index (χ4v) is 12.1. The average Bonchev–Trinajstić information content (AvgIpc) is 3.72. The number of carbonyl (C=O) groups is 4. The molecule has 17 nitrogen and oxygen atoms in total. The lowest BCUT2D eigenvalue weighted by molar-refractivity contribution is -0.161. The fraction of sp³-hybridized carbons (Fsp3) is 0.943. The van der Waals surface area contributed by atoms with Crippen molar-refractivity contribution in [3.63, 3.8) is 0 Å². The van der Waals surface area contributed by atoms with Gasteiger partial charge < -0.3 is 33.8 Å². The molecule has 6 atom stereocenters. The number of unbranched alkanes of at least 4 members (excludes halogenated alkanes) is 38. The van der Waals surface area contributed by atoms with Crippen molar-refractivity contribution in [2.45, 2.75) is 374 Å². The van der Waals surface area contributed by atoms with Crippen LogP contribution in [0.15, 0.2) is 0 Å². The first-order valence-corrected chi connectivity index (χ1v) is 39.5. The highest BCUT2D eigenvalue weighted by Crippen LogP contribution is 2.45. The molecule has 0 aromatic carbocycles. The summed E-state index contributed by atoms with van der Waals surface area (Å²) in [5.41, 5.74) is 0. The Morgan fingerprint density at radius 3 is 0.854 bits per heavy atom. The molecule has 0 aliphatic carbocycles.